The highest BCUT2D eigenvalue weighted by Crippen LogP contribution is 2.18. The zero-order chi connectivity index (χ0) is 8.39. The van der Waals surface area contributed by atoms with Gasteiger partial charge >= 0.3 is 0 Å². The van der Waals surface area contributed by atoms with Gasteiger partial charge in [0.1, 0.15) is 5.84 Å². The van der Waals surface area contributed by atoms with Crippen LogP contribution in [0.25, 0.3) is 0 Å². The molecule has 2 rings (SSSR count). The number of halogens is 1. The predicted octanol–water partition coefficient (Wildman–Crippen LogP) is 1.62. The van der Waals surface area contributed by atoms with E-state index in [2.05, 4.69) is 23.0 Å². The van der Waals surface area contributed by atoms with Crippen molar-refractivity contribution in [2.75, 3.05) is 0 Å². The molecule has 70 valence electrons. The Morgan fingerprint density at radius 2 is 1.92 bits per heavy atom. The number of hydrazine groups is 1. The predicted molar refractivity (Wildman–Crippen MR) is 55.0 cm³/mol. The topological polar surface area (TPSA) is 47.9 Å². The summed E-state index contributed by atoms with van der Waals surface area (Å²) < 4.78 is 0. The molecule has 0 aliphatic carbocycles. The summed E-state index contributed by atoms with van der Waals surface area (Å²) in [7, 11) is 0. The van der Waals surface area contributed by atoms with Crippen LogP contribution in [0.4, 0.5) is 0 Å². The fraction of sp³-hybridized carbons (Fsp3) is 0.222. The van der Waals surface area contributed by atoms with Gasteiger partial charge in [-0.25, -0.2) is 5.43 Å². The lowest BCUT2D eigenvalue weighted by atomic mass is 10.1. The van der Waals surface area contributed by atoms with Crippen LogP contribution in [-0.2, 0) is 0 Å². The minimum Gasteiger partial charge on any atom is -0.309 e. The number of nitrogens with one attached hydrogen (secondary N) is 3. The Labute approximate surface area is 83.4 Å². The molecule has 4 heteroatoms. The zero-order valence-corrected chi connectivity index (χ0v) is 7.90. The fourth-order valence-electron chi connectivity index (χ4n) is 1.37. The van der Waals surface area contributed by atoms with Crippen molar-refractivity contribution in [2.24, 2.45) is 0 Å². The first kappa shape index (κ1) is 10.0. The average Bonchev–Trinajstić information content (AvgIpc) is 2.54. The van der Waals surface area contributed by atoms with E-state index in [1.807, 2.05) is 18.2 Å². The normalized spacial score (nSPS) is 20.6. The summed E-state index contributed by atoms with van der Waals surface area (Å²) in [6.45, 7) is 0. The summed E-state index contributed by atoms with van der Waals surface area (Å²) in [6, 6.07) is 10.4. The maximum Gasteiger partial charge on any atom is 0.110 e. The van der Waals surface area contributed by atoms with E-state index >= 15 is 0 Å². The molecule has 3 N–H and O–H groups in total. The van der Waals surface area contributed by atoms with E-state index in [1.54, 1.807) is 0 Å². The molecule has 3 nitrogen and oxygen atoms in total. The third-order valence-corrected chi connectivity index (χ3v) is 2.01. The monoisotopic (exact) mass is 197 g/mol. The highest BCUT2D eigenvalue weighted by Gasteiger charge is 2.18. The number of benzene rings is 1. The number of hydrogen-bond donors (Lipinski definition) is 3. The van der Waals surface area contributed by atoms with E-state index in [9.17, 15) is 0 Å². The van der Waals surface area contributed by atoms with Gasteiger partial charge in [0.15, 0.2) is 0 Å². The molecule has 0 saturated carbocycles. The van der Waals surface area contributed by atoms with Crippen molar-refractivity contribution in [1.82, 2.24) is 10.9 Å². The lowest BCUT2D eigenvalue weighted by molar-refractivity contribution is 0.587. The van der Waals surface area contributed by atoms with Gasteiger partial charge < -0.3 is 5.43 Å². The molecule has 0 spiro atoms. The van der Waals surface area contributed by atoms with Crippen molar-refractivity contribution in [3.63, 3.8) is 0 Å². The second-order valence-electron chi connectivity index (χ2n) is 2.92. The van der Waals surface area contributed by atoms with E-state index < -0.39 is 0 Å². The second-order valence-corrected chi connectivity index (χ2v) is 2.92. The molecular formula is C9H12ClN3. The van der Waals surface area contributed by atoms with Crippen LogP contribution < -0.4 is 10.9 Å². The molecule has 0 bridgehead atoms. The molecule has 1 heterocycles. The van der Waals surface area contributed by atoms with E-state index in [4.69, 9.17) is 5.41 Å². The van der Waals surface area contributed by atoms with Crippen molar-refractivity contribution >= 4 is 18.2 Å². The summed E-state index contributed by atoms with van der Waals surface area (Å²) in [5.41, 5.74) is 7.08. The maximum absolute atomic E-state index is 7.35. The van der Waals surface area contributed by atoms with Crippen LogP contribution in [0.5, 0.6) is 0 Å². The molecule has 0 amide bonds. The summed E-state index contributed by atoms with van der Waals surface area (Å²) in [6.07, 6.45) is 0.754. The van der Waals surface area contributed by atoms with Gasteiger partial charge in [0.25, 0.3) is 0 Å². The first-order valence-corrected chi connectivity index (χ1v) is 4.00. The van der Waals surface area contributed by atoms with Crippen molar-refractivity contribution in [3.05, 3.63) is 35.9 Å². The molecule has 1 unspecified atom stereocenters. The van der Waals surface area contributed by atoms with Crippen LogP contribution >= 0.6 is 12.4 Å². The van der Waals surface area contributed by atoms with E-state index in [0.717, 1.165) is 6.42 Å². The lowest BCUT2D eigenvalue weighted by Gasteiger charge is -2.07. The smallest absolute Gasteiger partial charge is 0.110 e. The number of rotatable bonds is 1. The van der Waals surface area contributed by atoms with Crippen LogP contribution in [-0.4, -0.2) is 5.84 Å². The van der Waals surface area contributed by atoms with Crippen molar-refractivity contribution < 1.29 is 0 Å². The molecule has 1 aliphatic rings. The van der Waals surface area contributed by atoms with E-state index in [0.29, 0.717) is 5.84 Å². The zero-order valence-electron chi connectivity index (χ0n) is 7.08. The fourth-order valence-corrected chi connectivity index (χ4v) is 1.37. The van der Waals surface area contributed by atoms with E-state index in [-0.39, 0.29) is 18.4 Å². The second kappa shape index (κ2) is 4.25. The largest absolute Gasteiger partial charge is 0.309 e. The Balaban J connectivity index is 0.000000845. The van der Waals surface area contributed by atoms with Gasteiger partial charge in [0.05, 0.1) is 6.04 Å². The Kier molecular flexibility index (Phi) is 3.28. The van der Waals surface area contributed by atoms with Crippen LogP contribution in [0.15, 0.2) is 30.3 Å². The number of hydrogen-bond acceptors (Lipinski definition) is 2. The van der Waals surface area contributed by atoms with Crippen molar-refractivity contribution in [2.45, 2.75) is 12.5 Å². The number of amidine groups is 1. The molecular weight excluding hydrogens is 186 g/mol. The summed E-state index contributed by atoms with van der Waals surface area (Å²) in [5.74, 6) is 0.559. The summed E-state index contributed by atoms with van der Waals surface area (Å²) in [4.78, 5) is 0. The van der Waals surface area contributed by atoms with Crippen LogP contribution in [0, 0.1) is 5.41 Å². The Morgan fingerprint density at radius 1 is 1.23 bits per heavy atom. The van der Waals surface area contributed by atoms with Crippen LogP contribution in [0.2, 0.25) is 0 Å². The Morgan fingerprint density at radius 3 is 2.46 bits per heavy atom. The molecule has 1 aromatic rings. The third kappa shape index (κ3) is 2.20. The van der Waals surface area contributed by atoms with Crippen LogP contribution in [0.3, 0.4) is 0 Å². The summed E-state index contributed by atoms with van der Waals surface area (Å²) >= 11 is 0. The first-order chi connectivity index (χ1) is 5.86. The van der Waals surface area contributed by atoms with Crippen molar-refractivity contribution in [1.29, 1.82) is 5.41 Å². The van der Waals surface area contributed by atoms with Crippen molar-refractivity contribution in [3.8, 4) is 0 Å². The molecule has 13 heavy (non-hydrogen) atoms. The highest BCUT2D eigenvalue weighted by molar-refractivity contribution is 5.85. The molecule has 0 aromatic heterocycles. The van der Waals surface area contributed by atoms with Gasteiger partial charge in [-0.2, -0.15) is 0 Å². The SMILES string of the molecule is Cl.N=C1CC(c2ccccc2)NN1. The highest BCUT2D eigenvalue weighted by atomic mass is 35.5. The van der Waals surface area contributed by atoms with Crippen LogP contribution in [0.1, 0.15) is 18.0 Å². The first-order valence-electron chi connectivity index (χ1n) is 4.00. The Bertz CT molecular complexity index is 286. The molecule has 1 saturated heterocycles. The minimum absolute atomic E-state index is 0. The molecule has 1 fully saturated rings. The lowest BCUT2D eigenvalue weighted by Crippen LogP contribution is -2.27. The van der Waals surface area contributed by atoms with Gasteiger partial charge in [0, 0.05) is 6.42 Å². The van der Waals surface area contributed by atoms with Gasteiger partial charge in [-0.15, -0.1) is 12.4 Å². The Hall–Kier alpha value is -1.06. The van der Waals surface area contributed by atoms with Gasteiger partial charge in [-0.3, -0.25) is 5.41 Å². The van der Waals surface area contributed by atoms with E-state index in [1.165, 1.54) is 5.56 Å². The summed E-state index contributed by atoms with van der Waals surface area (Å²) in [5, 5.41) is 7.35. The van der Waals surface area contributed by atoms with Gasteiger partial charge in [-0.05, 0) is 5.56 Å². The van der Waals surface area contributed by atoms with Gasteiger partial charge in [-0.1, -0.05) is 30.3 Å². The molecule has 1 aromatic carbocycles. The minimum atomic E-state index is 0. The maximum atomic E-state index is 7.35. The molecule has 0 radical (unpaired) electrons. The van der Waals surface area contributed by atoms with Gasteiger partial charge in [0.2, 0.25) is 0 Å². The molecule has 1 atom stereocenters. The standard InChI is InChI=1S/C9H11N3.ClH/c10-9-6-8(11-12-9)7-4-2-1-3-5-7;/h1-5,8,11H,6H2,(H2,10,12);1H. The quantitative estimate of drug-likeness (QED) is 0.641. The average molecular weight is 198 g/mol. The molecule has 1 aliphatic heterocycles. The third-order valence-electron chi connectivity index (χ3n) is 2.01.